The van der Waals surface area contributed by atoms with Crippen LogP contribution in [0.5, 0.6) is 5.75 Å². The summed E-state index contributed by atoms with van der Waals surface area (Å²) in [7, 11) is 5.02. The molecule has 2 rings (SSSR count). The topological polar surface area (TPSA) is 109 Å². The third-order valence-electron chi connectivity index (χ3n) is 2.69. The molecule has 0 unspecified atom stereocenters. The van der Waals surface area contributed by atoms with Crippen molar-refractivity contribution in [2.45, 2.75) is 4.90 Å². The van der Waals surface area contributed by atoms with Gasteiger partial charge < -0.3 is 25.5 Å². The van der Waals surface area contributed by atoms with Gasteiger partial charge in [0.15, 0.2) is 10.9 Å². The Balaban J connectivity index is 0.00000104. The van der Waals surface area contributed by atoms with E-state index in [1.54, 1.807) is 64.8 Å². The maximum atomic E-state index is 7.00. The number of nitrogen functional groups attached to an aromatic ring is 2. The Morgan fingerprint density at radius 3 is 1.44 bits per heavy atom. The van der Waals surface area contributed by atoms with Crippen molar-refractivity contribution in [1.82, 2.24) is 0 Å². The number of methoxy groups -OCH3 is 1. The SMILES string of the molecule is CO.COC.COS(OC)(Oc1ccc(N)cc1)c1ccc(N)cc1. The van der Waals surface area contributed by atoms with Crippen LogP contribution in [0.1, 0.15) is 0 Å². The predicted molar refractivity (Wildman–Crippen MR) is 103 cm³/mol. The molecule has 2 aromatic rings. The van der Waals surface area contributed by atoms with Gasteiger partial charge in [0.05, 0.1) is 19.1 Å². The van der Waals surface area contributed by atoms with Crippen LogP contribution in [0.3, 0.4) is 0 Å². The molecular formula is C17H28N2O5S. The number of hydrogen-bond donors (Lipinski definition) is 3. The first-order chi connectivity index (χ1) is 12.0. The first-order valence-corrected chi connectivity index (χ1v) is 8.62. The zero-order valence-electron chi connectivity index (χ0n) is 15.3. The van der Waals surface area contributed by atoms with Crippen LogP contribution in [0.15, 0.2) is 53.4 Å². The molecule has 0 aromatic heterocycles. The van der Waals surface area contributed by atoms with E-state index in [1.165, 1.54) is 0 Å². The Morgan fingerprint density at radius 1 is 0.720 bits per heavy atom. The molecule has 0 heterocycles. The summed E-state index contributed by atoms with van der Waals surface area (Å²) >= 11 is 0. The number of rotatable bonds is 5. The van der Waals surface area contributed by atoms with Crippen molar-refractivity contribution >= 4 is 22.2 Å². The summed E-state index contributed by atoms with van der Waals surface area (Å²) in [6.45, 7) is 0. The van der Waals surface area contributed by atoms with Crippen LogP contribution in [0.25, 0.3) is 0 Å². The van der Waals surface area contributed by atoms with Crippen molar-refractivity contribution in [2.75, 3.05) is 47.0 Å². The molecule has 7 nitrogen and oxygen atoms in total. The number of nitrogens with two attached hydrogens (primary N) is 2. The van der Waals surface area contributed by atoms with Crippen LogP contribution in [0.4, 0.5) is 11.4 Å². The Kier molecular flexibility index (Phi) is 11.4. The van der Waals surface area contributed by atoms with Crippen LogP contribution >= 0.6 is 10.9 Å². The molecule has 0 fully saturated rings. The number of aliphatic hydroxyl groups is 1. The lowest BCUT2D eigenvalue weighted by molar-refractivity contribution is 0.277. The summed E-state index contributed by atoms with van der Waals surface area (Å²) in [4.78, 5) is 0.786. The van der Waals surface area contributed by atoms with Gasteiger partial charge in [-0.3, -0.25) is 8.37 Å². The number of ether oxygens (including phenoxy) is 1. The van der Waals surface area contributed by atoms with Gasteiger partial charge in [-0.25, -0.2) is 0 Å². The lowest BCUT2D eigenvalue weighted by Gasteiger charge is -2.35. The van der Waals surface area contributed by atoms with Crippen molar-refractivity contribution in [1.29, 1.82) is 0 Å². The number of hydrogen-bond acceptors (Lipinski definition) is 7. The maximum Gasteiger partial charge on any atom is 0.166 e. The van der Waals surface area contributed by atoms with Crippen LogP contribution in [-0.4, -0.2) is 40.7 Å². The second-order valence-electron chi connectivity index (χ2n) is 4.42. The molecule has 0 amide bonds. The van der Waals surface area contributed by atoms with Gasteiger partial charge in [0.25, 0.3) is 0 Å². The summed E-state index contributed by atoms with van der Waals surface area (Å²) in [5.74, 6) is 0.620. The molecule has 25 heavy (non-hydrogen) atoms. The average Bonchev–Trinajstić information content (AvgIpc) is 2.65. The molecule has 0 atom stereocenters. The highest BCUT2D eigenvalue weighted by molar-refractivity contribution is 8.22. The fourth-order valence-corrected chi connectivity index (χ4v) is 3.25. The summed E-state index contributed by atoms with van der Waals surface area (Å²) in [6, 6.07) is 14.3. The zero-order chi connectivity index (χ0) is 19.3. The van der Waals surface area contributed by atoms with E-state index in [9.17, 15) is 0 Å². The van der Waals surface area contributed by atoms with Crippen LogP contribution in [0.2, 0.25) is 0 Å². The normalized spacial score (nSPS) is 10.6. The minimum atomic E-state index is -2.33. The zero-order valence-corrected chi connectivity index (χ0v) is 16.1. The standard InChI is InChI=1S/C14H18N2O3S.C2H6O.CH4O/c1-17-20(18-2,14-9-5-12(16)6-10-14)19-13-7-3-11(15)4-8-13;1-3-2;1-2/h3-10H,15-16H2,1-2H3;1-2H3;2H,1H3. The summed E-state index contributed by atoms with van der Waals surface area (Å²) < 4.78 is 21.2. The van der Waals surface area contributed by atoms with Gasteiger partial charge in [0.1, 0.15) is 5.75 Å². The Hall–Kier alpha value is -1.97. The van der Waals surface area contributed by atoms with Crippen molar-refractivity contribution < 1.29 is 22.4 Å². The van der Waals surface area contributed by atoms with Gasteiger partial charge in [0.2, 0.25) is 0 Å². The minimum Gasteiger partial charge on any atom is -0.400 e. The van der Waals surface area contributed by atoms with Crippen molar-refractivity contribution in [3.8, 4) is 5.75 Å². The van der Waals surface area contributed by atoms with Gasteiger partial charge in [-0.05, 0) is 48.5 Å². The van der Waals surface area contributed by atoms with Gasteiger partial charge in [-0.15, -0.1) is 0 Å². The first kappa shape index (κ1) is 23.0. The largest absolute Gasteiger partial charge is 0.400 e. The molecular weight excluding hydrogens is 344 g/mol. The number of anilines is 2. The van der Waals surface area contributed by atoms with E-state index < -0.39 is 10.9 Å². The average molecular weight is 372 g/mol. The first-order valence-electron chi connectivity index (χ1n) is 7.21. The van der Waals surface area contributed by atoms with Gasteiger partial charge in [0, 0.05) is 32.7 Å². The number of aliphatic hydroxyl groups excluding tert-OH is 1. The van der Waals surface area contributed by atoms with Gasteiger partial charge in [-0.2, -0.15) is 0 Å². The lowest BCUT2D eigenvalue weighted by atomic mass is 10.3. The molecule has 0 saturated carbocycles. The monoisotopic (exact) mass is 372 g/mol. The number of benzene rings is 2. The molecule has 5 N–H and O–H groups in total. The van der Waals surface area contributed by atoms with E-state index in [0.29, 0.717) is 17.1 Å². The third kappa shape index (κ3) is 7.20. The van der Waals surface area contributed by atoms with E-state index >= 15 is 0 Å². The molecule has 0 aliphatic rings. The molecule has 0 aliphatic heterocycles. The molecule has 0 aliphatic carbocycles. The fourth-order valence-electron chi connectivity index (χ4n) is 1.66. The quantitative estimate of drug-likeness (QED) is 0.692. The van der Waals surface area contributed by atoms with E-state index in [-0.39, 0.29) is 0 Å². The molecule has 8 heteroatoms. The second kappa shape index (κ2) is 12.4. The van der Waals surface area contributed by atoms with E-state index in [1.807, 2.05) is 12.1 Å². The third-order valence-corrected chi connectivity index (χ3v) is 4.83. The Bertz CT molecular complexity index is 575. The lowest BCUT2D eigenvalue weighted by Crippen LogP contribution is -2.12. The minimum absolute atomic E-state index is 0.620. The van der Waals surface area contributed by atoms with Crippen LogP contribution in [-0.2, 0) is 13.1 Å². The summed E-state index contributed by atoms with van der Waals surface area (Å²) in [5.41, 5.74) is 12.7. The fraction of sp³-hybridized carbons (Fsp3) is 0.294. The Labute approximate surface area is 151 Å². The van der Waals surface area contributed by atoms with Gasteiger partial charge >= 0.3 is 0 Å². The van der Waals surface area contributed by atoms with Crippen molar-refractivity contribution in [3.63, 3.8) is 0 Å². The van der Waals surface area contributed by atoms with E-state index in [2.05, 4.69) is 4.74 Å². The molecule has 0 spiro atoms. The van der Waals surface area contributed by atoms with E-state index in [4.69, 9.17) is 29.1 Å². The maximum absolute atomic E-state index is 7.00. The molecule has 0 bridgehead atoms. The second-order valence-corrected chi connectivity index (χ2v) is 6.63. The Morgan fingerprint density at radius 2 is 1.08 bits per heavy atom. The van der Waals surface area contributed by atoms with Gasteiger partial charge in [-0.1, -0.05) is 0 Å². The van der Waals surface area contributed by atoms with Crippen LogP contribution < -0.4 is 15.7 Å². The van der Waals surface area contributed by atoms with E-state index in [0.717, 1.165) is 12.0 Å². The summed E-state index contributed by atoms with van der Waals surface area (Å²) in [5, 5.41) is 7.00. The highest BCUT2D eigenvalue weighted by Crippen LogP contribution is 2.57. The smallest absolute Gasteiger partial charge is 0.166 e. The highest BCUT2D eigenvalue weighted by atomic mass is 32.3. The van der Waals surface area contributed by atoms with Crippen molar-refractivity contribution in [3.05, 3.63) is 48.5 Å². The molecule has 2 aromatic carbocycles. The highest BCUT2D eigenvalue weighted by Gasteiger charge is 2.29. The molecule has 142 valence electrons. The molecule has 0 saturated heterocycles. The molecule has 0 radical (unpaired) electrons. The summed E-state index contributed by atoms with van der Waals surface area (Å²) in [6.07, 6.45) is 0. The predicted octanol–water partition coefficient (Wildman–Crippen LogP) is 3.00. The van der Waals surface area contributed by atoms with Crippen molar-refractivity contribution in [2.24, 2.45) is 0 Å². The van der Waals surface area contributed by atoms with Crippen LogP contribution in [0, 0.1) is 0 Å².